The van der Waals surface area contributed by atoms with Crippen molar-refractivity contribution in [3.8, 4) is 5.88 Å². The van der Waals surface area contributed by atoms with Gasteiger partial charge in [-0.2, -0.15) is 0 Å². The third-order valence-corrected chi connectivity index (χ3v) is 5.23. The summed E-state index contributed by atoms with van der Waals surface area (Å²) in [5, 5.41) is 12.3. The molecule has 2 aromatic rings. The fraction of sp³-hybridized carbons (Fsp3) is 0.353. The second-order valence-electron chi connectivity index (χ2n) is 6.29. The van der Waals surface area contributed by atoms with E-state index in [0.717, 1.165) is 25.9 Å². The number of carbonyl (C=O) groups excluding carboxylic acids is 2. The second-order valence-corrected chi connectivity index (χ2v) is 7.49. The fourth-order valence-corrected chi connectivity index (χ4v) is 3.44. The van der Waals surface area contributed by atoms with Gasteiger partial charge in [-0.1, -0.05) is 23.7 Å². The quantitative estimate of drug-likeness (QED) is 0.656. The first-order chi connectivity index (χ1) is 12.9. The standard InChI is InChI=1S/C17H19BrClN5O3/c1-24-8-4-5-10(9-24)20-17(26)27-16-13(18)14(22-23-16)21-15(25)11-6-2-3-7-12(11)19/h2-3,6-7,10H,4-5,8-9H2,1H3,(H,20,26)(H2,21,22,23,25). The summed E-state index contributed by atoms with van der Waals surface area (Å²) in [6, 6.07) is 6.71. The lowest BCUT2D eigenvalue weighted by Gasteiger charge is -2.29. The van der Waals surface area contributed by atoms with Crippen molar-refractivity contribution in [3.05, 3.63) is 39.3 Å². The van der Waals surface area contributed by atoms with Gasteiger partial charge in [0.25, 0.3) is 11.8 Å². The van der Waals surface area contributed by atoms with Crippen LogP contribution in [0, 0.1) is 0 Å². The van der Waals surface area contributed by atoms with E-state index in [-0.39, 0.29) is 17.7 Å². The number of hydrogen-bond donors (Lipinski definition) is 3. The maximum atomic E-state index is 12.3. The van der Waals surface area contributed by atoms with Crippen molar-refractivity contribution in [1.29, 1.82) is 0 Å². The van der Waals surface area contributed by atoms with E-state index >= 15 is 0 Å². The van der Waals surface area contributed by atoms with E-state index in [2.05, 4.69) is 41.7 Å². The van der Waals surface area contributed by atoms with Crippen molar-refractivity contribution in [2.24, 2.45) is 0 Å². The molecular formula is C17H19BrClN5O3. The first kappa shape index (κ1) is 19.7. The molecule has 0 saturated carbocycles. The Morgan fingerprint density at radius 2 is 2.19 bits per heavy atom. The summed E-state index contributed by atoms with van der Waals surface area (Å²) in [7, 11) is 2.01. The van der Waals surface area contributed by atoms with Gasteiger partial charge in [0.1, 0.15) is 10.3 Å². The minimum Gasteiger partial charge on any atom is -0.388 e. The summed E-state index contributed by atoms with van der Waals surface area (Å²) in [5.41, 5.74) is 0.322. The Hall–Kier alpha value is -2.10. The minimum atomic E-state index is -0.591. The number of nitrogens with one attached hydrogen (secondary N) is 3. The maximum absolute atomic E-state index is 12.3. The zero-order chi connectivity index (χ0) is 19.4. The summed E-state index contributed by atoms with van der Waals surface area (Å²) in [6.45, 7) is 1.79. The largest absolute Gasteiger partial charge is 0.414 e. The van der Waals surface area contributed by atoms with Crippen molar-refractivity contribution in [2.75, 3.05) is 25.5 Å². The van der Waals surface area contributed by atoms with Crippen LogP contribution in [0.25, 0.3) is 0 Å². The lowest BCUT2D eigenvalue weighted by atomic mass is 10.1. The highest BCUT2D eigenvalue weighted by atomic mass is 79.9. The number of nitrogens with zero attached hydrogens (tertiary/aromatic N) is 2. The summed E-state index contributed by atoms with van der Waals surface area (Å²) in [6.07, 6.45) is 1.33. The van der Waals surface area contributed by atoms with Crippen LogP contribution in [0.5, 0.6) is 5.88 Å². The van der Waals surface area contributed by atoms with Gasteiger partial charge in [0, 0.05) is 12.6 Å². The average molecular weight is 457 g/mol. The van der Waals surface area contributed by atoms with Crippen molar-refractivity contribution >= 4 is 45.3 Å². The van der Waals surface area contributed by atoms with Crippen molar-refractivity contribution in [1.82, 2.24) is 20.4 Å². The first-order valence-electron chi connectivity index (χ1n) is 8.40. The Bertz CT molecular complexity index is 844. The average Bonchev–Trinajstić information content (AvgIpc) is 2.95. The number of piperidine rings is 1. The molecule has 3 N–H and O–H groups in total. The van der Waals surface area contributed by atoms with Crippen LogP contribution in [0.1, 0.15) is 23.2 Å². The molecule has 1 aliphatic rings. The number of likely N-dealkylation sites (tertiary alicyclic amines) is 1. The number of aromatic amines is 1. The molecule has 0 bridgehead atoms. The van der Waals surface area contributed by atoms with Gasteiger partial charge in [-0.3, -0.25) is 9.89 Å². The van der Waals surface area contributed by atoms with Gasteiger partial charge in [0.05, 0.1) is 10.6 Å². The number of halogens is 2. The highest BCUT2D eigenvalue weighted by Crippen LogP contribution is 2.30. The molecule has 0 aliphatic carbocycles. The van der Waals surface area contributed by atoms with Crippen molar-refractivity contribution < 1.29 is 14.3 Å². The Balaban J connectivity index is 1.60. The number of ether oxygens (including phenoxy) is 1. The van der Waals surface area contributed by atoms with Crippen LogP contribution in [0.4, 0.5) is 10.6 Å². The number of benzene rings is 1. The Morgan fingerprint density at radius 1 is 1.41 bits per heavy atom. The molecule has 1 aromatic carbocycles. The van der Waals surface area contributed by atoms with Crippen LogP contribution in [0.3, 0.4) is 0 Å². The number of aromatic nitrogens is 2. The molecule has 1 aromatic heterocycles. The van der Waals surface area contributed by atoms with Crippen LogP contribution < -0.4 is 15.4 Å². The molecular weight excluding hydrogens is 438 g/mol. The maximum Gasteiger partial charge on any atom is 0.414 e. The summed E-state index contributed by atoms with van der Waals surface area (Å²) >= 11 is 9.30. The SMILES string of the molecule is CN1CCCC(NC(=O)Oc2n[nH]c(NC(=O)c3ccccc3Cl)c2Br)C1. The van der Waals surface area contributed by atoms with E-state index in [0.29, 0.717) is 15.1 Å². The van der Waals surface area contributed by atoms with Crippen LogP contribution >= 0.6 is 27.5 Å². The molecule has 2 amide bonds. The lowest BCUT2D eigenvalue weighted by molar-refractivity contribution is 0.102. The Kier molecular flexibility index (Phi) is 6.35. The number of H-pyrrole nitrogens is 1. The van der Waals surface area contributed by atoms with Gasteiger partial charge in [0.15, 0.2) is 0 Å². The monoisotopic (exact) mass is 455 g/mol. The second kappa shape index (κ2) is 8.73. The van der Waals surface area contributed by atoms with Gasteiger partial charge in [-0.05, 0) is 54.5 Å². The van der Waals surface area contributed by atoms with E-state index in [1.54, 1.807) is 24.3 Å². The molecule has 0 spiro atoms. The van der Waals surface area contributed by atoms with Crippen molar-refractivity contribution in [2.45, 2.75) is 18.9 Å². The number of hydrogen-bond acceptors (Lipinski definition) is 5. The Morgan fingerprint density at radius 3 is 2.93 bits per heavy atom. The molecule has 10 heteroatoms. The zero-order valence-electron chi connectivity index (χ0n) is 14.6. The topological polar surface area (TPSA) is 99.3 Å². The molecule has 1 unspecified atom stereocenters. The summed E-state index contributed by atoms with van der Waals surface area (Å²) in [4.78, 5) is 26.6. The predicted octanol–water partition coefficient (Wildman–Crippen LogP) is 3.26. The molecule has 3 rings (SSSR count). The molecule has 1 saturated heterocycles. The Labute approximate surface area is 169 Å². The molecule has 2 heterocycles. The smallest absolute Gasteiger partial charge is 0.388 e. The van der Waals surface area contributed by atoms with Gasteiger partial charge >= 0.3 is 6.09 Å². The lowest BCUT2D eigenvalue weighted by Crippen LogP contribution is -2.47. The molecule has 1 atom stereocenters. The van der Waals surface area contributed by atoms with Crippen LogP contribution in [-0.4, -0.2) is 53.3 Å². The summed E-state index contributed by atoms with van der Waals surface area (Å²) in [5.74, 6) is -0.113. The first-order valence-corrected chi connectivity index (χ1v) is 9.57. The van der Waals surface area contributed by atoms with E-state index < -0.39 is 12.0 Å². The summed E-state index contributed by atoms with van der Waals surface area (Å²) < 4.78 is 5.57. The van der Waals surface area contributed by atoms with Crippen molar-refractivity contribution in [3.63, 3.8) is 0 Å². The van der Waals surface area contributed by atoms with Gasteiger partial charge in [0.2, 0.25) is 0 Å². The highest BCUT2D eigenvalue weighted by molar-refractivity contribution is 9.10. The molecule has 144 valence electrons. The number of likely N-dealkylation sites (N-methyl/N-ethyl adjacent to an activating group) is 1. The molecule has 0 radical (unpaired) electrons. The number of anilines is 1. The molecule has 1 fully saturated rings. The normalized spacial score (nSPS) is 17.4. The third kappa shape index (κ3) is 5.00. The van der Waals surface area contributed by atoms with Crippen LogP contribution in [0.15, 0.2) is 28.7 Å². The number of rotatable bonds is 4. The number of carbonyl (C=O) groups is 2. The van der Waals surface area contributed by atoms with E-state index in [4.69, 9.17) is 16.3 Å². The van der Waals surface area contributed by atoms with Gasteiger partial charge in [-0.15, -0.1) is 5.10 Å². The van der Waals surface area contributed by atoms with Gasteiger partial charge < -0.3 is 20.3 Å². The van der Waals surface area contributed by atoms with Gasteiger partial charge in [-0.25, -0.2) is 4.79 Å². The van der Waals surface area contributed by atoms with E-state index in [9.17, 15) is 9.59 Å². The van der Waals surface area contributed by atoms with E-state index in [1.807, 2.05) is 7.05 Å². The van der Waals surface area contributed by atoms with Crippen LogP contribution in [0.2, 0.25) is 5.02 Å². The molecule has 1 aliphatic heterocycles. The molecule has 8 nitrogen and oxygen atoms in total. The molecule has 27 heavy (non-hydrogen) atoms. The van der Waals surface area contributed by atoms with E-state index in [1.165, 1.54) is 0 Å². The number of amides is 2. The highest BCUT2D eigenvalue weighted by Gasteiger charge is 2.22. The third-order valence-electron chi connectivity index (χ3n) is 4.17. The zero-order valence-corrected chi connectivity index (χ0v) is 16.9. The predicted molar refractivity (Wildman–Crippen MR) is 105 cm³/mol. The van der Waals surface area contributed by atoms with Crippen LogP contribution in [-0.2, 0) is 0 Å². The fourth-order valence-electron chi connectivity index (χ4n) is 2.86. The minimum absolute atomic E-state index is 0.0334.